The van der Waals surface area contributed by atoms with E-state index >= 15 is 0 Å². The maximum absolute atomic E-state index is 13.2. The molecule has 0 aliphatic carbocycles. The van der Waals surface area contributed by atoms with Crippen molar-refractivity contribution in [3.05, 3.63) is 28.7 Å². The van der Waals surface area contributed by atoms with E-state index in [9.17, 15) is 9.90 Å². The first-order valence-electron chi connectivity index (χ1n) is 11.2. The van der Waals surface area contributed by atoms with Crippen LogP contribution in [0.5, 0.6) is 0 Å². The summed E-state index contributed by atoms with van der Waals surface area (Å²) >= 11 is 1.60. The van der Waals surface area contributed by atoms with E-state index in [1.807, 2.05) is 31.0 Å². The first-order chi connectivity index (χ1) is 15.0. The number of anilines is 2. The zero-order valence-electron chi connectivity index (χ0n) is 18.4. The Hall–Kier alpha value is -2.10. The molecular formula is C22H32N6O2S. The van der Waals surface area contributed by atoms with Gasteiger partial charge in [-0.3, -0.25) is 9.69 Å². The first kappa shape index (κ1) is 22.1. The molecule has 2 aromatic heterocycles. The average molecular weight is 445 g/mol. The molecule has 0 bridgehead atoms. The Balaban J connectivity index is 1.38. The van der Waals surface area contributed by atoms with Crippen molar-refractivity contribution in [2.45, 2.75) is 57.9 Å². The van der Waals surface area contributed by atoms with Gasteiger partial charge in [-0.25, -0.2) is 15.0 Å². The van der Waals surface area contributed by atoms with E-state index in [2.05, 4.69) is 15.2 Å². The van der Waals surface area contributed by atoms with Gasteiger partial charge in [-0.05, 0) is 46.1 Å². The molecule has 0 aromatic carbocycles. The molecule has 0 unspecified atom stereocenters. The topological polar surface area (TPSA) is 94.5 Å². The smallest absolute Gasteiger partial charge is 0.239 e. The number of β-amino-alcohol motifs (C(OH)–C–C–N with tert-alkyl or cyclic N) is 1. The number of aliphatic hydroxyl groups excluding tert-OH is 1. The van der Waals surface area contributed by atoms with Crippen molar-refractivity contribution in [3.63, 3.8) is 0 Å². The number of aromatic nitrogens is 3. The average Bonchev–Trinajstić information content (AvgIpc) is 3.18. The summed E-state index contributed by atoms with van der Waals surface area (Å²) in [6.45, 7) is 7.08. The highest BCUT2D eigenvalue weighted by molar-refractivity contribution is 7.15. The van der Waals surface area contributed by atoms with Gasteiger partial charge in [0.25, 0.3) is 0 Å². The summed E-state index contributed by atoms with van der Waals surface area (Å²) in [6, 6.07) is 1.86. The lowest BCUT2D eigenvalue weighted by atomic mass is 9.94. The minimum atomic E-state index is -0.0785. The highest BCUT2D eigenvalue weighted by Crippen LogP contribution is 2.29. The third kappa shape index (κ3) is 5.39. The predicted octanol–water partition coefficient (Wildman–Crippen LogP) is 2.85. The third-order valence-corrected chi connectivity index (χ3v) is 7.01. The second-order valence-corrected chi connectivity index (χ2v) is 9.76. The van der Waals surface area contributed by atoms with Crippen LogP contribution >= 0.6 is 11.3 Å². The second kappa shape index (κ2) is 10.0. The van der Waals surface area contributed by atoms with Gasteiger partial charge in [0.05, 0.1) is 12.6 Å². The number of rotatable bonds is 6. The number of aliphatic hydroxyl groups is 1. The van der Waals surface area contributed by atoms with E-state index in [4.69, 9.17) is 9.97 Å². The minimum Gasteiger partial charge on any atom is -0.395 e. The van der Waals surface area contributed by atoms with Crippen LogP contribution < -0.4 is 5.32 Å². The van der Waals surface area contributed by atoms with Crippen LogP contribution in [0, 0.1) is 13.8 Å². The molecule has 2 aliphatic rings. The van der Waals surface area contributed by atoms with E-state index in [1.54, 1.807) is 11.3 Å². The summed E-state index contributed by atoms with van der Waals surface area (Å²) in [6.07, 6.45) is 6.68. The molecule has 8 nitrogen and oxygen atoms in total. The van der Waals surface area contributed by atoms with E-state index in [1.165, 1.54) is 0 Å². The van der Waals surface area contributed by atoms with E-state index < -0.39 is 0 Å². The third-order valence-electron chi connectivity index (χ3n) is 6.19. The molecule has 2 aromatic rings. The van der Waals surface area contributed by atoms with Crippen molar-refractivity contribution in [2.75, 3.05) is 38.1 Å². The van der Waals surface area contributed by atoms with Gasteiger partial charge in [0.1, 0.15) is 11.6 Å². The standard InChI is InChI=1S/C22H32N6O2S/c1-15-13-19(26-22-23-14-16(2)31-22)25-20(24-15)17-6-9-28(10-7-17)21(30)18-5-3-4-8-27(18)11-12-29/h13-14,17-18,29H,3-12H2,1-2H3,(H,23,24,25,26)/t18-/m0/s1. The first-order valence-corrected chi connectivity index (χ1v) is 12.0. The molecule has 9 heteroatoms. The van der Waals surface area contributed by atoms with Crippen molar-refractivity contribution in [3.8, 4) is 0 Å². The number of carbonyl (C=O) groups excluding carboxylic acids is 1. The van der Waals surface area contributed by atoms with Crippen LogP contribution in [0.4, 0.5) is 10.9 Å². The minimum absolute atomic E-state index is 0.0785. The van der Waals surface area contributed by atoms with Crippen LogP contribution in [0.15, 0.2) is 12.3 Å². The molecule has 1 atom stereocenters. The monoisotopic (exact) mass is 444 g/mol. The molecule has 0 radical (unpaired) electrons. The lowest BCUT2D eigenvalue weighted by Crippen LogP contribution is -2.53. The van der Waals surface area contributed by atoms with Crippen LogP contribution in [0.2, 0.25) is 0 Å². The van der Waals surface area contributed by atoms with Gasteiger partial charge < -0.3 is 15.3 Å². The van der Waals surface area contributed by atoms with Crippen molar-refractivity contribution < 1.29 is 9.90 Å². The summed E-state index contributed by atoms with van der Waals surface area (Å²) in [5.41, 5.74) is 0.932. The van der Waals surface area contributed by atoms with E-state index in [-0.39, 0.29) is 24.5 Å². The zero-order valence-corrected chi connectivity index (χ0v) is 19.2. The van der Waals surface area contributed by atoms with Crippen molar-refractivity contribution >= 4 is 28.2 Å². The quantitative estimate of drug-likeness (QED) is 0.707. The van der Waals surface area contributed by atoms with Gasteiger partial charge >= 0.3 is 0 Å². The van der Waals surface area contributed by atoms with Gasteiger partial charge in [0.15, 0.2) is 5.13 Å². The number of likely N-dealkylation sites (tertiary alicyclic amines) is 2. The van der Waals surface area contributed by atoms with Gasteiger partial charge in [0, 0.05) is 48.4 Å². The molecule has 2 saturated heterocycles. The van der Waals surface area contributed by atoms with E-state index in [0.29, 0.717) is 6.54 Å². The second-order valence-electron chi connectivity index (χ2n) is 8.52. The number of piperidine rings is 2. The number of carbonyl (C=O) groups is 1. The number of hydrogen-bond donors (Lipinski definition) is 2. The highest BCUT2D eigenvalue weighted by atomic mass is 32.1. The van der Waals surface area contributed by atoms with E-state index in [0.717, 1.165) is 79.1 Å². The Kier molecular flexibility index (Phi) is 7.14. The maximum Gasteiger partial charge on any atom is 0.239 e. The van der Waals surface area contributed by atoms with Crippen molar-refractivity contribution in [2.24, 2.45) is 0 Å². The number of nitrogens with zero attached hydrogens (tertiary/aromatic N) is 5. The molecule has 4 heterocycles. The molecule has 0 spiro atoms. The molecule has 1 amide bonds. The molecule has 0 saturated carbocycles. The molecular weight excluding hydrogens is 412 g/mol. The van der Waals surface area contributed by atoms with Gasteiger partial charge in [-0.1, -0.05) is 6.42 Å². The highest BCUT2D eigenvalue weighted by Gasteiger charge is 2.34. The molecule has 168 valence electrons. The summed E-state index contributed by atoms with van der Waals surface area (Å²) in [5.74, 6) is 2.10. The predicted molar refractivity (Wildman–Crippen MR) is 122 cm³/mol. The lowest BCUT2D eigenvalue weighted by molar-refractivity contribution is -0.139. The van der Waals surface area contributed by atoms with Crippen molar-refractivity contribution in [1.82, 2.24) is 24.8 Å². The fourth-order valence-electron chi connectivity index (χ4n) is 4.60. The van der Waals surface area contributed by atoms with Crippen LogP contribution in [0.1, 0.15) is 54.4 Å². The Morgan fingerprint density at radius 1 is 1.19 bits per heavy atom. The Morgan fingerprint density at radius 2 is 2.00 bits per heavy atom. The Bertz CT molecular complexity index is 894. The molecule has 2 N–H and O–H groups in total. The SMILES string of the molecule is Cc1cc(Nc2ncc(C)s2)nc(C2CCN(C(=O)[C@@H]3CCCCN3CCO)CC2)n1. The fourth-order valence-corrected chi connectivity index (χ4v) is 5.27. The van der Waals surface area contributed by atoms with Gasteiger partial charge in [-0.15, -0.1) is 11.3 Å². The van der Waals surface area contributed by atoms with Gasteiger partial charge in [0.2, 0.25) is 5.91 Å². The molecule has 2 fully saturated rings. The number of amides is 1. The normalized spacial score (nSPS) is 20.7. The lowest BCUT2D eigenvalue weighted by Gasteiger charge is -2.39. The molecule has 2 aliphatic heterocycles. The number of thiazole rings is 1. The van der Waals surface area contributed by atoms with Crippen molar-refractivity contribution in [1.29, 1.82) is 0 Å². The summed E-state index contributed by atoms with van der Waals surface area (Å²) in [5, 5.41) is 13.5. The number of aryl methyl sites for hydroxylation is 2. The Labute approximate surface area is 187 Å². The largest absolute Gasteiger partial charge is 0.395 e. The van der Waals surface area contributed by atoms with Crippen LogP contribution in [-0.4, -0.2) is 74.6 Å². The summed E-state index contributed by atoms with van der Waals surface area (Å²) in [7, 11) is 0. The fraction of sp³-hybridized carbons (Fsp3) is 0.636. The summed E-state index contributed by atoms with van der Waals surface area (Å²) < 4.78 is 0. The number of nitrogens with one attached hydrogen (secondary N) is 1. The molecule has 4 rings (SSSR count). The number of hydrogen-bond acceptors (Lipinski definition) is 8. The maximum atomic E-state index is 13.2. The van der Waals surface area contributed by atoms with Crippen LogP contribution in [0.25, 0.3) is 0 Å². The summed E-state index contributed by atoms with van der Waals surface area (Å²) in [4.78, 5) is 32.3. The molecule has 31 heavy (non-hydrogen) atoms. The van der Waals surface area contributed by atoms with Crippen LogP contribution in [0.3, 0.4) is 0 Å². The van der Waals surface area contributed by atoms with Crippen LogP contribution in [-0.2, 0) is 4.79 Å². The zero-order chi connectivity index (χ0) is 21.8. The Morgan fingerprint density at radius 3 is 2.71 bits per heavy atom. The van der Waals surface area contributed by atoms with Gasteiger partial charge in [-0.2, -0.15) is 0 Å².